The van der Waals surface area contributed by atoms with Crippen molar-refractivity contribution in [2.75, 3.05) is 0 Å². The number of carbonyl (C=O) groups excluding carboxylic acids is 1. The van der Waals surface area contributed by atoms with E-state index < -0.39 is 12.0 Å². The molecule has 1 aromatic rings. The second-order valence-corrected chi connectivity index (χ2v) is 3.39. The van der Waals surface area contributed by atoms with Crippen molar-refractivity contribution in [2.24, 2.45) is 0 Å². The van der Waals surface area contributed by atoms with Crippen LogP contribution in [0, 0.1) is 6.92 Å². The Kier molecular flexibility index (Phi) is 3.17. The Bertz CT molecular complexity index is 380. The highest BCUT2D eigenvalue weighted by molar-refractivity contribution is 6.00. The van der Waals surface area contributed by atoms with Crippen LogP contribution in [-0.4, -0.2) is 12.0 Å². The van der Waals surface area contributed by atoms with Crippen LogP contribution < -0.4 is 0 Å². The van der Waals surface area contributed by atoms with Gasteiger partial charge in [0.1, 0.15) is 0 Å². The van der Waals surface area contributed by atoms with E-state index in [2.05, 4.69) is 0 Å². The smallest absolute Gasteiger partial charge is 0.284 e. The summed E-state index contributed by atoms with van der Waals surface area (Å²) in [7, 11) is 0. The van der Waals surface area contributed by atoms with E-state index in [4.69, 9.17) is 0 Å². The molecule has 0 amide bonds. The first-order valence-electron chi connectivity index (χ1n) is 4.56. The molecule has 15 heavy (non-hydrogen) atoms. The molecule has 4 heteroatoms. The van der Waals surface area contributed by atoms with Crippen molar-refractivity contribution in [1.82, 2.24) is 0 Å². The largest absolute Gasteiger partial charge is 0.454 e. The number of halogens is 3. The lowest BCUT2D eigenvalue weighted by Gasteiger charge is -2.07. The van der Waals surface area contributed by atoms with Crippen molar-refractivity contribution in [1.29, 1.82) is 0 Å². The SMILES string of the molecule is CCc1cc(C)cc(C(=O)C(F)(F)F)c1. The Hall–Kier alpha value is -1.32. The molecule has 82 valence electrons. The van der Waals surface area contributed by atoms with Gasteiger partial charge in [-0.3, -0.25) is 4.79 Å². The molecule has 0 fully saturated rings. The summed E-state index contributed by atoms with van der Waals surface area (Å²) < 4.78 is 36.5. The second kappa shape index (κ2) is 4.04. The molecule has 0 saturated carbocycles. The molecule has 0 radical (unpaired) electrons. The molecule has 0 unspecified atom stereocenters. The molecule has 0 aliphatic rings. The Balaban J connectivity index is 3.15. The topological polar surface area (TPSA) is 17.1 Å². The number of Topliss-reactive ketones (excluding diaryl/α,β-unsaturated/α-hetero) is 1. The number of rotatable bonds is 2. The first kappa shape index (κ1) is 11.8. The predicted octanol–water partition coefficient (Wildman–Crippen LogP) is 3.30. The summed E-state index contributed by atoms with van der Waals surface area (Å²) in [5, 5.41) is 0. The van der Waals surface area contributed by atoms with Crippen molar-refractivity contribution in [3.8, 4) is 0 Å². The van der Waals surface area contributed by atoms with Gasteiger partial charge < -0.3 is 0 Å². The molecule has 0 N–H and O–H groups in total. The molecule has 1 rings (SSSR count). The van der Waals surface area contributed by atoms with Crippen molar-refractivity contribution < 1.29 is 18.0 Å². The van der Waals surface area contributed by atoms with E-state index in [0.717, 1.165) is 5.56 Å². The van der Waals surface area contributed by atoms with Gasteiger partial charge in [-0.15, -0.1) is 0 Å². The Morgan fingerprint density at radius 3 is 2.33 bits per heavy atom. The van der Waals surface area contributed by atoms with Gasteiger partial charge in [-0.1, -0.05) is 18.6 Å². The first-order valence-corrected chi connectivity index (χ1v) is 4.56. The van der Waals surface area contributed by atoms with Gasteiger partial charge in [-0.05, 0) is 31.0 Å². The summed E-state index contributed by atoms with van der Waals surface area (Å²) in [5.74, 6) is -1.78. The number of alkyl halides is 3. The predicted molar refractivity (Wildman–Crippen MR) is 50.9 cm³/mol. The maximum absolute atomic E-state index is 12.2. The average Bonchev–Trinajstić information content (AvgIpc) is 2.14. The molecule has 0 aromatic heterocycles. The van der Waals surface area contributed by atoms with Crippen LogP contribution in [0.25, 0.3) is 0 Å². The first-order chi connectivity index (χ1) is 6.84. The van der Waals surface area contributed by atoms with Crippen molar-refractivity contribution in [3.63, 3.8) is 0 Å². The standard InChI is InChI=1S/C11H11F3O/c1-3-8-4-7(2)5-9(6-8)10(15)11(12,13)14/h4-6H,3H2,1-2H3. The fourth-order valence-electron chi connectivity index (χ4n) is 1.36. The molecule has 0 atom stereocenters. The van der Waals surface area contributed by atoms with Gasteiger partial charge in [0.2, 0.25) is 0 Å². The lowest BCUT2D eigenvalue weighted by molar-refractivity contribution is -0.0885. The fraction of sp³-hybridized carbons (Fsp3) is 0.364. The molecule has 1 aromatic carbocycles. The molecule has 0 saturated heterocycles. The molecule has 1 nitrogen and oxygen atoms in total. The Morgan fingerprint density at radius 1 is 1.27 bits per heavy atom. The van der Waals surface area contributed by atoms with Crippen LogP contribution in [0.5, 0.6) is 0 Å². The summed E-state index contributed by atoms with van der Waals surface area (Å²) >= 11 is 0. The zero-order valence-electron chi connectivity index (χ0n) is 8.48. The van der Waals surface area contributed by atoms with Crippen molar-refractivity contribution in [3.05, 3.63) is 34.9 Å². The number of aryl methyl sites for hydroxylation is 2. The van der Waals surface area contributed by atoms with Crippen LogP contribution in [0.4, 0.5) is 13.2 Å². The number of hydrogen-bond donors (Lipinski definition) is 0. The van der Waals surface area contributed by atoms with E-state index in [9.17, 15) is 18.0 Å². The number of benzene rings is 1. The monoisotopic (exact) mass is 216 g/mol. The number of carbonyl (C=O) groups is 1. The molecular weight excluding hydrogens is 205 g/mol. The van der Waals surface area contributed by atoms with Crippen molar-refractivity contribution >= 4 is 5.78 Å². The number of hydrogen-bond acceptors (Lipinski definition) is 1. The van der Waals surface area contributed by atoms with Crippen LogP contribution in [0.15, 0.2) is 18.2 Å². The van der Waals surface area contributed by atoms with Crippen LogP contribution in [0.2, 0.25) is 0 Å². The van der Waals surface area contributed by atoms with Crippen LogP contribution in [0.3, 0.4) is 0 Å². The normalized spacial score (nSPS) is 11.5. The van der Waals surface area contributed by atoms with E-state index >= 15 is 0 Å². The second-order valence-electron chi connectivity index (χ2n) is 3.39. The summed E-state index contributed by atoms with van der Waals surface area (Å²) in [4.78, 5) is 11.0. The third-order valence-corrected chi connectivity index (χ3v) is 2.07. The van der Waals surface area contributed by atoms with E-state index in [1.165, 1.54) is 12.1 Å². The number of ketones is 1. The van der Waals surface area contributed by atoms with Gasteiger partial charge in [-0.25, -0.2) is 0 Å². The highest BCUT2D eigenvalue weighted by Crippen LogP contribution is 2.23. The zero-order chi connectivity index (χ0) is 11.6. The Labute approximate surface area is 85.9 Å². The van der Waals surface area contributed by atoms with Gasteiger partial charge in [0.25, 0.3) is 5.78 Å². The third-order valence-electron chi connectivity index (χ3n) is 2.07. The minimum absolute atomic E-state index is 0.278. The lowest BCUT2D eigenvalue weighted by atomic mass is 10.0. The molecular formula is C11H11F3O. The van der Waals surface area contributed by atoms with Crippen molar-refractivity contribution in [2.45, 2.75) is 26.4 Å². The summed E-state index contributed by atoms with van der Waals surface area (Å²) in [6, 6.07) is 4.32. The van der Waals surface area contributed by atoms with E-state index in [1.807, 2.05) is 6.92 Å². The quantitative estimate of drug-likeness (QED) is 0.693. The molecule has 0 aliphatic carbocycles. The molecule has 0 bridgehead atoms. The summed E-state index contributed by atoms with van der Waals surface area (Å²) in [6.07, 6.45) is -4.18. The molecule has 0 heterocycles. The Morgan fingerprint density at radius 2 is 1.87 bits per heavy atom. The van der Waals surface area contributed by atoms with Crippen LogP contribution in [-0.2, 0) is 6.42 Å². The van der Waals surface area contributed by atoms with Gasteiger partial charge >= 0.3 is 6.18 Å². The van der Waals surface area contributed by atoms with Crippen LogP contribution in [0.1, 0.15) is 28.4 Å². The summed E-state index contributed by atoms with van der Waals surface area (Å²) in [6.45, 7) is 3.50. The maximum Gasteiger partial charge on any atom is 0.454 e. The van der Waals surface area contributed by atoms with Gasteiger partial charge in [0.15, 0.2) is 0 Å². The van der Waals surface area contributed by atoms with Gasteiger partial charge in [-0.2, -0.15) is 13.2 Å². The van der Waals surface area contributed by atoms with E-state index in [1.54, 1.807) is 13.0 Å². The zero-order valence-corrected chi connectivity index (χ0v) is 8.48. The average molecular weight is 216 g/mol. The highest BCUT2D eigenvalue weighted by Gasteiger charge is 2.39. The third kappa shape index (κ3) is 2.81. The summed E-state index contributed by atoms with van der Waals surface area (Å²) in [5.41, 5.74) is 1.13. The van der Waals surface area contributed by atoms with E-state index in [0.29, 0.717) is 12.0 Å². The minimum Gasteiger partial charge on any atom is -0.284 e. The lowest BCUT2D eigenvalue weighted by Crippen LogP contribution is -2.22. The maximum atomic E-state index is 12.2. The fourth-order valence-corrected chi connectivity index (χ4v) is 1.36. The van der Waals surface area contributed by atoms with Gasteiger partial charge in [0.05, 0.1) is 0 Å². The van der Waals surface area contributed by atoms with E-state index in [-0.39, 0.29) is 5.56 Å². The van der Waals surface area contributed by atoms with Gasteiger partial charge in [0, 0.05) is 5.56 Å². The highest BCUT2D eigenvalue weighted by atomic mass is 19.4. The minimum atomic E-state index is -4.79. The molecule has 0 aliphatic heterocycles. The van der Waals surface area contributed by atoms with Crippen LogP contribution >= 0.6 is 0 Å². The molecule has 0 spiro atoms.